The third-order valence-corrected chi connectivity index (χ3v) is 15.2. The molecule has 1 saturated carbocycles. The molecule has 0 nitrogen and oxygen atoms in total. The second-order valence-electron chi connectivity index (χ2n) is 10.8. The third-order valence-electron chi connectivity index (χ3n) is 7.99. The van der Waals surface area contributed by atoms with Gasteiger partial charge in [0.15, 0.2) is 0 Å². The van der Waals surface area contributed by atoms with Gasteiger partial charge in [-0.2, -0.15) is 0 Å². The smallest absolute Gasteiger partial charge is 0.418 e. The molecule has 0 spiro atoms. The summed E-state index contributed by atoms with van der Waals surface area (Å²) in [4.78, 5) is 0. The van der Waals surface area contributed by atoms with Crippen LogP contribution in [0, 0.1) is 25.7 Å². The van der Waals surface area contributed by atoms with Crippen molar-refractivity contribution in [3.63, 3.8) is 0 Å². The fraction of sp³-hybridized carbons (Fsp3) is 0.529. The molecule has 237 valence electrons. The van der Waals surface area contributed by atoms with Crippen LogP contribution in [0.15, 0.2) is 60.7 Å². The Hall–Kier alpha value is -0.292. The molecular formula is C34H50BF4P2Rh-. The van der Waals surface area contributed by atoms with E-state index < -0.39 is 7.25 Å². The maximum absolute atomic E-state index is 9.75. The van der Waals surface area contributed by atoms with Gasteiger partial charge in [0.1, 0.15) is 0 Å². The fourth-order valence-corrected chi connectivity index (χ4v) is 12.4. The standard InChI is InChI=1S/2C13H19P.C8H12.BF4.Rh/c2*1-3-11-10-12(4-2)14(11)13-8-6-5-7-9-13;1-2-4-6-8-7-5-3-1;2-1(3,4)5;/h2*5-9,11-12H,3-4,10H2,1-2H3;1-2,7-8H,3-6H2;;/q;;;-1;/t2*11-,12-;;;/m11.../s1. The first-order valence-electron chi connectivity index (χ1n) is 15.6. The van der Waals surface area contributed by atoms with Crippen LogP contribution in [0.3, 0.4) is 0 Å². The number of benzene rings is 2. The van der Waals surface area contributed by atoms with Gasteiger partial charge in [0.2, 0.25) is 0 Å². The summed E-state index contributed by atoms with van der Waals surface area (Å²) in [6.45, 7) is 9.37. The van der Waals surface area contributed by atoms with Crippen LogP contribution < -0.4 is 10.6 Å². The van der Waals surface area contributed by atoms with E-state index in [9.17, 15) is 17.3 Å². The Morgan fingerprint density at radius 3 is 0.976 bits per heavy atom. The van der Waals surface area contributed by atoms with Crippen LogP contribution in [0.4, 0.5) is 17.3 Å². The predicted molar refractivity (Wildman–Crippen MR) is 177 cm³/mol. The number of hydrogen-bond acceptors (Lipinski definition) is 0. The van der Waals surface area contributed by atoms with Crippen LogP contribution in [0.5, 0.6) is 0 Å². The summed E-state index contributed by atoms with van der Waals surface area (Å²) in [5.74, 6) is 0. The molecule has 2 heterocycles. The molecule has 4 atom stereocenters. The van der Waals surface area contributed by atoms with Gasteiger partial charge in [-0.25, -0.2) is 0 Å². The molecule has 8 heteroatoms. The van der Waals surface area contributed by atoms with Crippen molar-refractivity contribution in [1.82, 2.24) is 0 Å². The molecule has 1 aliphatic carbocycles. The Labute approximate surface area is 270 Å². The molecule has 0 N–H and O–H groups in total. The van der Waals surface area contributed by atoms with E-state index in [0.29, 0.717) is 0 Å². The van der Waals surface area contributed by atoms with Crippen LogP contribution in [-0.4, -0.2) is 29.9 Å². The van der Waals surface area contributed by atoms with E-state index in [1.165, 1.54) is 64.2 Å². The molecule has 0 amide bonds. The average Bonchev–Trinajstić information content (AvgIpc) is 2.89. The summed E-state index contributed by atoms with van der Waals surface area (Å²) >= 11 is 0. The number of rotatable bonds is 6. The predicted octanol–water partition coefficient (Wildman–Crippen LogP) is 11.2. The van der Waals surface area contributed by atoms with Crippen molar-refractivity contribution in [2.45, 2.75) is 115 Å². The van der Waals surface area contributed by atoms with Crippen molar-refractivity contribution < 1.29 is 36.7 Å². The van der Waals surface area contributed by atoms with Gasteiger partial charge in [0.25, 0.3) is 0 Å². The van der Waals surface area contributed by atoms with Crippen molar-refractivity contribution in [3.05, 3.63) is 86.3 Å². The van der Waals surface area contributed by atoms with E-state index >= 15 is 0 Å². The quantitative estimate of drug-likeness (QED) is 0.159. The van der Waals surface area contributed by atoms with E-state index in [2.05, 4.69) is 114 Å². The second kappa shape index (κ2) is 22.3. The first-order chi connectivity index (χ1) is 19.7. The zero-order chi connectivity index (χ0) is 30.1. The second-order valence-corrected chi connectivity index (χ2v) is 16.4. The van der Waals surface area contributed by atoms with Gasteiger partial charge in [0.05, 0.1) is 0 Å². The average molecular weight is 710 g/mol. The minimum Gasteiger partial charge on any atom is -0.418 e. The molecule has 2 saturated heterocycles. The molecule has 3 fully saturated rings. The Bertz CT molecular complexity index is 807. The van der Waals surface area contributed by atoms with E-state index in [0.717, 1.165) is 22.6 Å². The van der Waals surface area contributed by atoms with E-state index in [4.69, 9.17) is 0 Å². The Morgan fingerprint density at radius 1 is 0.524 bits per heavy atom. The monoisotopic (exact) mass is 710 g/mol. The van der Waals surface area contributed by atoms with Gasteiger partial charge in [-0.1, -0.05) is 104 Å². The van der Waals surface area contributed by atoms with Crippen molar-refractivity contribution in [3.8, 4) is 0 Å². The van der Waals surface area contributed by atoms with Crippen molar-refractivity contribution in [2.24, 2.45) is 0 Å². The Kier molecular flexibility index (Phi) is 21.1. The normalized spacial score (nSPS) is 24.2. The van der Waals surface area contributed by atoms with Gasteiger partial charge in [-0.15, -0.1) is 0 Å². The van der Waals surface area contributed by atoms with Crippen LogP contribution in [0.25, 0.3) is 0 Å². The van der Waals surface area contributed by atoms with E-state index in [-0.39, 0.29) is 35.3 Å². The molecule has 2 aliphatic heterocycles. The molecule has 2 aromatic rings. The minimum absolute atomic E-state index is 0. The first kappa shape index (κ1) is 39.7. The van der Waals surface area contributed by atoms with Crippen LogP contribution in [-0.2, 0) is 19.5 Å². The molecule has 5 rings (SSSR count). The van der Waals surface area contributed by atoms with Crippen LogP contribution in [0.1, 0.15) is 91.9 Å². The number of halogens is 4. The molecule has 3 aliphatic rings. The molecule has 2 aromatic carbocycles. The molecule has 0 bridgehead atoms. The zero-order valence-corrected chi connectivity index (χ0v) is 29.2. The van der Waals surface area contributed by atoms with Gasteiger partial charge in [0, 0.05) is 19.5 Å². The van der Waals surface area contributed by atoms with Crippen molar-refractivity contribution in [1.29, 1.82) is 0 Å². The van der Waals surface area contributed by atoms with Gasteiger partial charge in [-0.3, -0.25) is 0 Å². The summed E-state index contributed by atoms with van der Waals surface area (Å²) in [7, 11) is -5.64. The topological polar surface area (TPSA) is 0 Å². The molecule has 42 heavy (non-hydrogen) atoms. The Balaban J connectivity index is 0.000000297. The van der Waals surface area contributed by atoms with E-state index in [1.54, 1.807) is 10.6 Å². The van der Waals surface area contributed by atoms with Crippen LogP contribution >= 0.6 is 15.8 Å². The summed E-state index contributed by atoms with van der Waals surface area (Å²) in [5, 5.41) is 3.26. The molecule has 0 aromatic heterocycles. The fourth-order valence-electron chi connectivity index (χ4n) is 5.76. The SMILES string of the molecule is CC[C@@H]1C[C@@H](CC)P1c1ccccc1.CC[C@@H]1C[C@@H](CC)P1c1ccccc1.F[B-](F)(F)F.[CH]1[CH]CC[CH][CH]CC1.[Rh]. The summed E-state index contributed by atoms with van der Waals surface area (Å²) in [6, 6.07) is 22.3. The van der Waals surface area contributed by atoms with E-state index in [1.807, 2.05) is 0 Å². The first-order valence-corrected chi connectivity index (χ1v) is 18.5. The van der Waals surface area contributed by atoms with Crippen LogP contribution in [0.2, 0.25) is 0 Å². The maximum atomic E-state index is 9.75. The largest absolute Gasteiger partial charge is 0.673 e. The molecule has 5 radical (unpaired) electrons. The van der Waals surface area contributed by atoms with Gasteiger partial charge >= 0.3 is 7.25 Å². The summed E-state index contributed by atoms with van der Waals surface area (Å²) < 4.78 is 39.0. The third kappa shape index (κ3) is 14.7. The Morgan fingerprint density at radius 2 is 0.762 bits per heavy atom. The summed E-state index contributed by atoms with van der Waals surface area (Å²) in [5.41, 5.74) is 4.05. The van der Waals surface area contributed by atoms with Gasteiger partial charge < -0.3 is 17.3 Å². The maximum Gasteiger partial charge on any atom is 0.673 e. The molecule has 0 unspecified atom stereocenters. The van der Waals surface area contributed by atoms with Gasteiger partial charge in [-0.05, 0) is 123 Å². The zero-order valence-electron chi connectivity index (χ0n) is 25.8. The summed E-state index contributed by atoms with van der Waals surface area (Å²) in [6.07, 6.45) is 22.4. The molecular weight excluding hydrogens is 660 g/mol. The minimum atomic E-state index is -6.00. The van der Waals surface area contributed by atoms with Crippen molar-refractivity contribution in [2.75, 3.05) is 0 Å². The number of hydrogen-bond donors (Lipinski definition) is 0. The van der Waals surface area contributed by atoms with Crippen molar-refractivity contribution >= 4 is 33.7 Å².